The van der Waals surface area contributed by atoms with Crippen molar-refractivity contribution in [3.63, 3.8) is 0 Å². The molecule has 1 saturated carbocycles. The van der Waals surface area contributed by atoms with Crippen LogP contribution in [-0.2, 0) is 11.2 Å². The number of hydrogen-bond donors (Lipinski definition) is 1. The van der Waals surface area contributed by atoms with E-state index < -0.39 is 0 Å². The number of tetrazole rings is 1. The molecule has 1 N–H and O–H groups in total. The third-order valence-electron chi connectivity index (χ3n) is 4.09. The van der Waals surface area contributed by atoms with Crippen LogP contribution in [0.4, 0.5) is 4.39 Å². The van der Waals surface area contributed by atoms with E-state index in [0.717, 1.165) is 18.4 Å². The van der Waals surface area contributed by atoms with Gasteiger partial charge in [0, 0.05) is 6.54 Å². The predicted octanol–water partition coefficient (Wildman–Crippen LogP) is 2.38. The summed E-state index contributed by atoms with van der Waals surface area (Å²) >= 11 is 1.35. The third kappa shape index (κ3) is 4.53. The minimum Gasteiger partial charge on any atom is -0.355 e. The van der Waals surface area contributed by atoms with Gasteiger partial charge in [0.05, 0.1) is 11.8 Å². The number of benzene rings is 1. The fraction of sp³-hybridized carbons (Fsp3) is 0.500. The Hall–Kier alpha value is -1.96. The maximum Gasteiger partial charge on any atom is 0.230 e. The molecular weight excluding hydrogens is 329 g/mol. The van der Waals surface area contributed by atoms with Crippen molar-refractivity contribution in [1.82, 2.24) is 25.5 Å². The van der Waals surface area contributed by atoms with Gasteiger partial charge in [-0.15, -0.1) is 5.10 Å². The minimum absolute atomic E-state index is 0.0719. The van der Waals surface area contributed by atoms with Gasteiger partial charge in [0.15, 0.2) is 0 Å². The zero-order valence-electron chi connectivity index (χ0n) is 13.3. The van der Waals surface area contributed by atoms with Crippen LogP contribution in [0.2, 0.25) is 0 Å². The summed E-state index contributed by atoms with van der Waals surface area (Å²) in [5.41, 5.74) is 0.869. The summed E-state index contributed by atoms with van der Waals surface area (Å²) in [5.74, 6) is -0.0542. The van der Waals surface area contributed by atoms with E-state index in [-0.39, 0.29) is 17.5 Å². The van der Waals surface area contributed by atoms with Gasteiger partial charge < -0.3 is 5.32 Å². The molecule has 0 bridgehead atoms. The molecule has 1 aliphatic carbocycles. The normalized spacial score (nSPS) is 14.9. The van der Waals surface area contributed by atoms with E-state index in [1.807, 2.05) is 10.7 Å². The monoisotopic (exact) mass is 349 g/mol. The highest BCUT2D eigenvalue weighted by Gasteiger charge is 2.21. The topological polar surface area (TPSA) is 72.7 Å². The molecule has 128 valence electrons. The Morgan fingerprint density at radius 2 is 2.21 bits per heavy atom. The van der Waals surface area contributed by atoms with Gasteiger partial charge in [-0.05, 0) is 47.4 Å². The molecule has 0 unspecified atom stereocenters. The van der Waals surface area contributed by atoms with Gasteiger partial charge in [0.1, 0.15) is 5.82 Å². The van der Waals surface area contributed by atoms with Gasteiger partial charge in [0.25, 0.3) is 0 Å². The maximum atomic E-state index is 13.1. The summed E-state index contributed by atoms with van der Waals surface area (Å²) in [4.78, 5) is 11.9. The van der Waals surface area contributed by atoms with Gasteiger partial charge >= 0.3 is 0 Å². The molecule has 8 heteroatoms. The molecule has 1 heterocycles. The minimum atomic E-state index is -0.256. The number of amides is 1. The first-order valence-corrected chi connectivity index (χ1v) is 9.13. The summed E-state index contributed by atoms with van der Waals surface area (Å²) in [6, 6.07) is 6.77. The van der Waals surface area contributed by atoms with Crippen LogP contribution in [0, 0.1) is 5.82 Å². The van der Waals surface area contributed by atoms with Crippen LogP contribution < -0.4 is 5.32 Å². The van der Waals surface area contributed by atoms with Gasteiger partial charge in [-0.2, -0.15) is 0 Å². The smallest absolute Gasteiger partial charge is 0.230 e. The second kappa shape index (κ2) is 8.23. The molecule has 1 fully saturated rings. The lowest BCUT2D eigenvalue weighted by Crippen LogP contribution is -2.27. The molecule has 3 rings (SSSR count). The first kappa shape index (κ1) is 16.9. The molecule has 24 heavy (non-hydrogen) atoms. The zero-order chi connectivity index (χ0) is 16.8. The highest BCUT2D eigenvalue weighted by Crippen LogP contribution is 2.31. The molecule has 0 radical (unpaired) electrons. The summed E-state index contributed by atoms with van der Waals surface area (Å²) in [6.07, 6.45) is 5.20. The highest BCUT2D eigenvalue weighted by molar-refractivity contribution is 7.99. The fourth-order valence-corrected chi connectivity index (χ4v) is 3.65. The average Bonchev–Trinajstić information content (AvgIpc) is 3.24. The fourth-order valence-electron chi connectivity index (χ4n) is 2.88. The van der Waals surface area contributed by atoms with Crippen LogP contribution in [0.25, 0.3) is 0 Å². The van der Waals surface area contributed by atoms with Crippen molar-refractivity contribution in [3.05, 3.63) is 35.6 Å². The van der Waals surface area contributed by atoms with E-state index in [0.29, 0.717) is 24.2 Å². The Kier molecular flexibility index (Phi) is 5.79. The van der Waals surface area contributed by atoms with Gasteiger partial charge in [-0.25, -0.2) is 9.07 Å². The Labute approximate surface area is 144 Å². The number of hydrogen-bond acceptors (Lipinski definition) is 5. The van der Waals surface area contributed by atoms with Crippen molar-refractivity contribution < 1.29 is 9.18 Å². The average molecular weight is 349 g/mol. The van der Waals surface area contributed by atoms with Gasteiger partial charge in [-0.1, -0.05) is 36.7 Å². The van der Waals surface area contributed by atoms with E-state index in [2.05, 4.69) is 20.8 Å². The number of carbonyl (C=O) groups is 1. The van der Waals surface area contributed by atoms with Crippen molar-refractivity contribution >= 4 is 17.7 Å². The van der Waals surface area contributed by atoms with Crippen LogP contribution in [0.3, 0.4) is 0 Å². The Morgan fingerprint density at radius 1 is 1.38 bits per heavy atom. The zero-order valence-corrected chi connectivity index (χ0v) is 14.1. The Morgan fingerprint density at radius 3 is 3.00 bits per heavy atom. The molecule has 6 nitrogen and oxygen atoms in total. The number of nitrogens with zero attached hydrogens (tertiary/aromatic N) is 4. The number of thioether (sulfide) groups is 1. The molecule has 0 atom stereocenters. The Balaban J connectivity index is 1.42. The lowest BCUT2D eigenvalue weighted by atomic mass is 10.1. The second-order valence-electron chi connectivity index (χ2n) is 5.86. The van der Waals surface area contributed by atoms with Crippen LogP contribution >= 0.6 is 11.8 Å². The van der Waals surface area contributed by atoms with E-state index in [1.54, 1.807) is 6.07 Å². The van der Waals surface area contributed by atoms with Gasteiger partial charge in [0.2, 0.25) is 11.1 Å². The number of carbonyl (C=O) groups excluding carboxylic acids is 1. The summed E-state index contributed by atoms with van der Waals surface area (Å²) < 4.78 is 14.9. The number of halogens is 1. The number of nitrogens with one attached hydrogen (secondary N) is 1. The summed E-state index contributed by atoms with van der Waals surface area (Å²) in [7, 11) is 0. The summed E-state index contributed by atoms with van der Waals surface area (Å²) in [6.45, 7) is 0.483. The number of aromatic nitrogens is 4. The first-order valence-electron chi connectivity index (χ1n) is 8.14. The van der Waals surface area contributed by atoms with Crippen LogP contribution in [-0.4, -0.2) is 38.4 Å². The van der Waals surface area contributed by atoms with Crippen molar-refractivity contribution in [2.45, 2.75) is 43.3 Å². The second-order valence-corrected chi connectivity index (χ2v) is 6.81. The Bertz CT molecular complexity index is 687. The van der Waals surface area contributed by atoms with Crippen LogP contribution in [0.1, 0.15) is 37.3 Å². The largest absolute Gasteiger partial charge is 0.355 e. The van der Waals surface area contributed by atoms with Crippen molar-refractivity contribution in [3.8, 4) is 0 Å². The first-order chi connectivity index (χ1) is 11.7. The molecule has 0 saturated heterocycles. The quantitative estimate of drug-likeness (QED) is 0.777. The third-order valence-corrected chi connectivity index (χ3v) is 5.02. The SMILES string of the molecule is O=C(CSc1nnnn1C1CCCC1)NCCc1cccc(F)c1. The summed E-state index contributed by atoms with van der Waals surface area (Å²) in [5, 5.41) is 15.3. The van der Waals surface area contributed by atoms with Crippen molar-refractivity contribution in [1.29, 1.82) is 0 Å². The molecule has 1 aromatic carbocycles. The molecule has 0 spiro atoms. The number of rotatable bonds is 7. The van der Waals surface area contributed by atoms with E-state index >= 15 is 0 Å². The van der Waals surface area contributed by atoms with E-state index in [1.165, 1.54) is 36.7 Å². The molecule has 1 amide bonds. The standard InChI is InChI=1S/C16H20FN5OS/c17-13-5-3-4-12(10-13)8-9-18-15(23)11-24-16-19-20-21-22(16)14-6-1-2-7-14/h3-5,10,14H,1-2,6-9,11H2,(H,18,23). The lowest BCUT2D eigenvalue weighted by molar-refractivity contribution is -0.118. The van der Waals surface area contributed by atoms with Crippen molar-refractivity contribution in [2.75, 3.05) is 12.3 Å². The lowest BCUT2D eigenvalue weighted by Gasteiger charge is -2.10. The molecule has 1 aromatic heterocycles. The highest BCUT2D eigenvalue weighted by atomic mass is 32.2. The van der Waals surface area contributed by atoms with Crippen molar-refractivity contribution in [2.24, 2.45) is 0 Å². The molecular formula is C16H20FN5OS. The molecule has 1 aliphatic rings. The van der Waals surface area contributed by atoms with Gasteiger partial charge in [-0.3, -0.25) is 4.79 Å². The molecule has 2 aromatic rings. The van der Waals surface area contributed by atoms with E-state index in [4.69, 9.17) is 0 Å². The predicted molar refractivity (Wildman–Crippen MR) is 89.2 cm³/mol. The van der Waals surface area contributed by atoms with Crippen LogP contribution in [0.15, 0.2) is 29.4 Å². The van der Waals surface area contributed by atoms with Crippen LogP contribution in [0.5, 0.6) is 0 Å². The molecule has 0 aliphatic heterocycles. The maximum absolute atomic E-state index is 13.1. The van der Waals surface area contributed by atoms with E-state index in [9.17, 15) is 9.18 Å².